The van der Waals surface area contributed by atoms with Gasteiger partial charge in [0.15, 0.2) is 6.10 Å². The summed E-state index contributed by atoms with van der Waals surface area (Å²) in [6.45, 7) is 2.63. The number of phosphoric ester groups is 1. The van der Waals surface area contributed by atoms with Crippen molar-refractivity contribution >= 4 is 25.7 Å². The molecule has 12 heteroatoms. The molecule has 0 heterocycles. The third kappa shape index (κ3) is 32.7. The Labute approximate surface area is 295 Å². The third-order valence-electron chi connectivity index (χ3n) is 7.65. The Morgan fingerprint density at radius 2 is 1.14 bits per heavy atom. The lowest BCUT2D eigenvalue weighted by Crippen LogP contribution is -2.34. The molecule has 0 aromatic rings. The Bertz CT molecular complexity index is 984. The quantitative estimate of drug-likeness (QED) is 0.0251. The fourth-order valence-corrected chi connectivity index (χ4v) is 5.50. The number of allylic oxidation sites excluding steroid dienone is 6. The van der Waals surface area contributed by atoms with Crippen LogP contribution in [-0.2, 0) is 37.5 Å². The molecule has 3 atom stereocenters. The largest absolute Gasteiger partial charge is 0.480 e. The lowest BCUT2D eigenvalue weighted by atomic mass is 10.1. The number of carboxylic acids is 1. The number of carboxylic acid groups (broad SMARTS) is 1. The molecule has 0 fully saturated rings. The number of hydrogen-bond acceptors (Lipinski definition) is 9. The molecule has 284 valence electrons. The average Bonchev–Trinajstić information content (AvgIpc) is 3.07. The van der Waals surface area contributed by atoms with Crippen molar-refractivity contribution in [3.8, 4) is 0 Å². The minimum Gasteiger partial charge on any atom is -0.480 e. The van der Waals surface area contributed by atoms with Gasteiger partial charge in [0.1, 0.15) is 12.6 Å². The average molecular weight is 716 g/mol. The SMILES string of the molecule is CC/C=C/C/C=C/C/C=C/CCCCCCCC(=O)OC[C@@H](COP(=O)(O)OC[C@@H](N)C(=O)O)OC(=O)CCCCCCCCCCCC. The van der Waals surface area contributed by atoms with E-state index in [0.29, 0.717) is 12.8 Å². The molecule has 0 radical (unpaired) electrons. The summed E-state index contributed by atoms with van der Waals surface area (Å²) < 4.78 is 32.5. The first-order chi connectivity index (χ1) is 23.6. The van der Waals surface area contributed by atoms with E-state index in [9.17, 15) is 23.8 Å². The lowest BCUT2D eigenvalue weighted by Gasteiger charge is -2.20. The fraction of sp³-hybridized carbons (Fsp3) is 0.757. The summed E-state index contributed by atoms with van der Waals surface area (Å²) in [6, 6.07) is -1.52. The molecule has 0 aliphatic carbocycles. The van der Waals surface area contributed by atoms with Gasteiger partial charge in [0, 0.05) is 12.8 Å². The van der Waals surface area contributed by atoms with Crippen LogP contribution in [0.4, 0.5) is 0 Å². The van der Waals surface area contributed by atoms with Crippen LogP contribution in [0.2, 0.25) is 0 Å². The summed E-state index contributed by atoms with van der Waals surface area (Å²) in [5.41, 5.74) is 5.31. The molecular formula is C37H66NO10P. The molecule has 0 bridgehead atoms. The number of carbonyl (C=O) groups excluding carboxylic acids is 2. The van der Waals surface area contributed by atoms with Crippen molar-refractivity contribution in [1.82, 2.24) is 0 Å². The molecule has 0 aliphatic rings. The highest BCUT2D eigenvalue weighted by Crippen LogP contribution is 2.43. The van der Waals surface area contributed by atoms with Crippen LogP contribution >= 0.6 is 7.82 Å². The number of ether oxygens (including phenoxy) is 2. The Balaban J connectivity index is 4.46. The number of rotatable bonds is 34. The lowest BCUT2D eigenvalue weighted by molar-refractivity contribution is -0.161. The number of aliphatic carboxylic acids is 1. The van der Waals surface area contributed by atoms with Gasteiger partial charge in [0.25, 0.3) is 0 Å². The summed E-state index contributed by atoms with van der Waals surface area (Å²) in [5, 5.41) is 8.84. The van der Waals surface area contributed by atoms with Gasteiger partial charge < -0.3 is 25.2 Å². The highest BCUT2D eigenvalue weighted by molar-refractivity contribution is 7.47. The number of unbranched alkanes of at least 4 members (excludes halogenated alkanes) is 14. The van der Waals surface area contributed by atoms with E-state index < -0.39 is 51.1 Å². The van der Waals surface area contributed by atoms with Crippen LogP contribution < -0.4 is 5.73 Å². The van der Waals surface area contributed by atoms with Crippen molar-refractivity contribution in [2.75, 3.05) is 19.8 Å². The molecule has 0 amide bonds. The maximum Gasteiger partial charge on any atom is 0.472 e. The Morgan fingerprint density at radius 3 is 1.71 bits per heavy atom. The monoisotopic (exact) mass is 715 g/mol. The molecule has 1 unspecified atom stereocenters. The van der Waals surface area contributed by atoms with Gasteiger partial charge >= 0.3 is 25.7 Å². The molecule has 0 rings (SSSR count). The summed E-state index contributed by atoms with van der Waals surface area (Å²) in [4.78, 5) is 45.6. The summed E-state index contributed by atoms with van der Waals surface area (Å²) >= 11 is 0. The zero-order chi connectivity index (χ0) is 36.4. The Hall–Kier alpha value is -2.30. The van der Waals surface area contributed by atoms with E-state index in [-0.39, 0.29) is 19.4 Å². The van der Waals surface area contributed by atoms with Crippen LogP contribution in [0.1, 0.15) is 149 Å². The molecule has 0 saturated carbocycles. The van der Waals surface area contributed by atoms with Crippen molar-refractivity contribution in [3.05, 3.63) is 36.5 Å². The number of esters is 2. The molecule has 0 saturated heterocycles. The van der Waals surface area contributed by atoms with Crippen LogP contribution in [-0.4, -0.2) is 59.9 Å². The third-order valence-corrected chi connectivity index (χ3v) is 8.60. The van der Waals surface area contributed by atoms with E-state index >= 15 is 0 Å². The van der Waals surface area contributed by atoms with Crippen LogP contribution in [0, 0.1) is 0 Å². The first-order valence-corrected chi connectivity index (χ1v) is 20.0. The van der Waals surface area contributed by atoms with Gasteiger partial charge in [-0.25, -0.2) is 4.57 Å². The van der Waals surface area contributed by atoms with Gasteiger partial charge in [-0.2, -0.15) is 0 Å². The zero-order valence-electron chi connectivity index (χ0n) is 30.3. The normalized spacial score (nSPS) is 14.4. The van der Waals surface area contributed by atoms with E-state index in [1.807, 2.05) is 0 Å². The second-order valence-corrected chi connectivity index (χ2v) is 13.8. The minimum absolute atomic E-state index is 0.158. The molecular weight excluding hydrogens is 649 g/mol. The Morgan fingerprint density at radius 1 is 0.653 bits per heavy atom. The van der Waals surface area contributed by atoms with E-state index in [2.05, 4.69) is 54.8 Å². The van der Waals surface area contributed by atoms with E-state index in [1.165, 1.54) is 38.5 Å². The van der Waals surface area contributed by atoms with Crippen molar-refractivity contribution < 1.29 is 47.5 Å². The standard InChI is InChI=1S/C37H66NO10P/c1-3-5-7-9-11-13-15-16-17-18-19-21-22-24-26-28-35(39)45-30-33(31-46-49(43,44)47-32-34(38)37(41)42)48-36(40)29-27-25-23-20-14-12-10-8-6-4-2/h5,7,11,13,16-17,33-34H,3-4,6,8-10,12,14-15,18-32,38H2,1-2H3,(H,41,42)(H,43,44)/b7-5+,13-11+,17-16+/t33-,34+/m0/s1. The van der Waals surface area contributed by atoms with Gasteiger partial charge in [-0.1, -0.05) is 127 Å². The smallest absolute Gasteiger partial charge is 0.472 e. The van der Waals surface area contributed by atoms with Gasteiger partial charge in [-0.3, -0.25) is 23.4 Å². The van der Waals surface area contributed by atoms with Crippen LogP contribution in [0.3, 0.4) is 0 Å². The topological polar surface area (TPSA) is 172 Å². The Kier molecular flexibility index (Phi) is 31.3. The van der Waals surface area contributed by atoms with Crippen molar-refractivity contribution in [3.63, 3.8) is 0 Å². The summed E-state index contributed by atoms with van der Waals surface area (Å²) in [5.74, 6) is -2.40. The minimum atomic E-state index is -4.71. The van der Waals surface area contributed by atoms with Crippen molar-refractivity contribution in [2.45, 2.75) is 161 Å². The van der Waals surface area contributed by atoms with Gasteiger partial charge in [-0.15, -0.1) is 0 Å². The van der Waals surface area contributed by atoms with Crippen LogP contribution in [0.5, 0.6) is 0 Å². The fourth-order valence-electron chi connectivity index (χ4n) is 4.72. The van der Waals surface area contributed by atoms with Crippen molar-refractivity contribution in [1.29, 1.82) is 0 Å². The molecule has 0 aromatic carbocycles. The summed E-state index contributed by atoms with van der Waals surface area (Å²) in [7, 11) is -4.71. The highest BCUT2D eigenvalue weighted by Gasteiger charge is 2.28. The van der Waals surface area contributed by atoms with Gasteiger partial charge in [0.2, 0.25) is 0 Å². The molecule has 0 aromatic heterocycles. The van der Waals surface area contributed by atoms with Crippen LogP contribution in [0.25, 0.3) is 0 Å². The summed E-state index contributed by atoms with van der Waals surface area (Å²) in [6.07, 6.45) is 32.2. The van der Waals surface area contributed by atoms with E-state index in [4.69, 9.17) is 24.8 Å². The maximum atomic E-state index is 12.5. The van der Waals surface area contributed by atoms with Gasteiger partial charge in [0.05, 0.1) is 13.2 Å². The number of nitrogens with two attached hydrogens (primary N) is 1. The predicted octanol–water partition coefficient (Wildman–Crippen LogP) is 8.89. The molecule has 0 aliphatic heterocycles. The first-order valence-electron chi connectivity index (χ1n) is 18.5. The molecule has 49 heavy (non-hydrogen) atoms. The second-order valence-electron chi connectivity index (χ2n) is 12.3. The predicted molar refractivity (Wildman–Crippen MR) is 194 cm³/mol. The highest BCUT2D eigenvalue weighted by atomic mass is 31.2. The molecule has 0 spiro atoms. The maximum absolute atomic E-state index is 12.5. The first kappa shape index (κ1) is 46.7. The number of carbonyl (C=O) groups is 3. The van der Waals surface area contributed by atoms with Gasteiger partial charge in [-0.05, 0) is 44.9 Å². The van der Waals surface area contributed by atoms with E-state index in [1.54, 1.807) is 0 Å². The second kappa shape index (κ2) is 32.9. The number of phosphoric acid groups is 1. The zero-order valence-corrected chi connectivity index (χ0v) is 31.2. The van der Waals surface area contributed by atoms with Crippen molar-refractivity contribution in [2.24, 2.45) is 5.73 Å². The van der Waals surface area contributed by atoms with E-state index in [0.717, 1.165) is 70.6 Å². The van der Waals surface area contributed by atoms with Crippen LogP contribution in [0.15, 0.2) is 36.5 Å². The molecule has 11 nitrogen and oxygen atoms in total. The molecule has 4 N–H and O–H groups in total. The number of hydrogen-bond donors (Lipinski definition) is 3.